The van der Waals surface area contributed by atoms with Crippen molar-refractivity contribution in [2.24, 2.45) is 0 Å². The number of benzene rings is 1. The van der Waals surface area contributed by atoms with Crippen LogP contribution < -0.4 is 5.32 Å². The van der Waals surface area contributed by atoms with E-state index < -0.39 is 10.5 Å². The predicted octanol–water partition coefficient (Wildman–Crippen LogP) is 3.74. The second kappa shape index (κ2) is 7.95. The van der Waals surface area contributed by atoms with Crippen molar-refractivity contribution < 1.29 is 14.5 Å². The molecule has 9 heteroatoms. The number of aromatic nitrogens is 2. The largest absolute Gasteiger partial charge is 0.444 e. The summed E-state index contributed by atoms with van der Waals surface area (Å²) in [7, 11) is 0. The van der Waals surface area contributed by atoms with Crippen LogP contribution in [0, 0.1) is 10.1 Å². The molecule has 1 aromatic heterocycles. The lowest BCUT2D eigenvalue weighted by Gasteiger charge is -2.36. The zero-order valence-electron chi connectivity index (χ0n) is 16.3. The van der Waals surface area contributed by atoms with Crippen LogP contribution in [0.1, 0.15) is 40.0 Å². The average molecular weight is 387 g/mol. The molecule has 1 fully saturated rings. The number of hydrogen-bond acceptors (Lipinski definition) is 7. The van der Waals surface area contributed by atoms with Crippen molar-refractivity contribution in [3.63, 3.8) is 0 Å². The van der Waals surface area contributed by atoms with Crippen LogP contribution in [0.4, 0.5) is 16.3 Å². The van der Waals surface area contributed by atoms with Gasteiger partial charge in [0, 0.05) is 25.2 Å². The van der Waals surface area contributed by atoms with E-state index in [1.54, 1.807) is 17.2 Å². The number of carbonyl (C=O) groups is 1. The van der Waals surface area contributed by atoms with Crippen molar-refractivity contribution in [3.8, 4) is 0 Å². The number of hydrogen-bond donors (Lipinski definition) is 1. The highest BCUT2D eigenvalue weighted by molar-refractivity contribution is 5.78. The fourth-order valence-electron chi connectivity index (χ4n) is 3.19. The molecule has 2 aromatic rings. The molecule has 1 atom stereocenters. The number of rotatable bonds is 4. The highest BCUT2D eigenvalue weighted by Gasteiger charge is 2.30. The Morgan fingerprint density at radius 1 is 1.36 bits per heavy atom. The number of nitro benzene ring substituents is 1. The summed E-state index contributed by atoms with van der Waals surface area (Å²) in [5, 5.41) is 14.1. The van der Waals surface area contributed by atoms with Crippen molar-refractivity contribution in [2.75, 3.05) is 18.4 Å². The van der Waals surface area contributed by atoms with Crippen molar-refractivity contribution in [2.45, 2.75) is 51.7 Å². The lowest BCUT2D eigenvalue weighted by molar-refractivity contribution is -0.384. The minimum atomic E-state index is -0.529. The van der Waals surface area contributed by atoms with E-state index >= 15 is 0 Å². The first-order valence-corrected chi connectivity index (χ1v) is 9.37. The third-order valence-corrected chi connectivity index (χ3v) is 4.51. The summed E-state index contributed by atoms with van der Waals surface area (Å²) < 4.78 is 5.52. The number of piperidine rings is 1. The lowest BCUT2D eigenvalue weighted by Crippen LogP contribution is -2.48. The fraction of sp³-hybridized carbons (Fsp3) is 0.526. The van der Waals surface area contributed by atoms with Crippen LogP contribution >= 0.6 is 0 Å². The van der Waals surface area contributed by atoms with Crippen molar-refractivity contribution in [1.82, 2.24) is 14.9 Å². The number of likely N-dealkylation sites (tertiary alicyclic amines) is 1. The van der Waals surface area contributed by atoms with Crippen LogP contribution in [0.15, 0.2) is 24.4 Å². The van der Waals surface area contributed by atoms with E-state index in [1.165, 1.54) is 12.1 Å². The number of nitrogens with zero attached hydrogens (tertiary/aromatic N) is 4. The maximum absolute atomic E-state index is 12.5. The first kappa shape index (κ1) is 19.8. The summed E-state index contributed by atoms with van der Waals surface area (Å²) in [4.78, 5) is 33.4. The molecule has 0 bridgehead atoms. The first-order chi connectivity index (χ1) is 13.2. The van der Waals surface area contributed by atoms with Gasteiger partial charge in [-0.3, -0.25) is 15.1 Å². The Morgan fingerprint density at radius 3 is 2.86 bits per heavy atom. The topological polar surface area (TPSA) is 110 Å². The van der Waals surface area contributed by atoms with Gasteiger partial charge in [-0.05, 0) is 46.1 Å². The summed E-state index contributed by atoms with van der Waals surface area (Å²) in [6.07, 6.45) is 4.16. The molecule has 28 heavy (non-hydrogen) atoms. The van der Waals surface area contributed by atoms with E-state index in [0.29, 0.717) is 29.9 Å². The Hall–Kier alpha value is -2.97. The van der Waals surface area contributed by atoms with Crippen LogP contribution in [0.2, 0.25) is 0 Å². The number of amides is 1. The second-order valence-corrected chi connectivity index (χ2v) is 7.89. The third kappa shape index (κ3) is 4.85. The molecule has 3 rings (SSSR count). The van der Waals surface area contributed by atoms with Crippen LogP contribution in [0.5, 0.6) is 0 Å². The number of fused-ring (bicyclic) bond motifs is 1. The first-order valence-electron chi connectivity index (χ1n) is 9.37. The summed E-state index contributed by atoms with van der Waals surface area (Å²) in [5.41, 5.74) is 0.493. The van der Waals surface area contributed by atoms with Crippen molar-refractivity contribution >= 4 is 28.6 Å². The van der Waals surface area contributed by atoms with E-state index in [2.05, 4.69) is 15.3 Å². The van der Waals surface area contributed by atoms with Gasteiger partial charge in [0.05, 0.1) is 28.2 Å². The Balaban J connectivity index is 1.68. The zero-order chi connectivity index (χ0) is 20.3. The Morgan fingerprint density at radius 2 is 2.14 bits per heavy atom. The predicted molar refractivity (Wildman–Crippen MR) is 105 cm³/mol. The molecule has 1 aromatic carbocycles. The number of non-ortho nitro benzene ring substituents is 1. The highest BCUT2D eigenvalue weighted by atomic mass is 16.6. The van der Waals surface area contributed by atoms with E-state index in [9.17, 15) is 14.9 Å². The molecule has 1 amide bonds. The van der Waals surface area contributed by atoms with E-state index in [0.717, 1.165) is 19.3 Å². The number of ether oxygens (including phenoxy) is 1. The number of nitro groups is 1. The highest BCUT2D eigenvalue weighted by Crippen LogP contribution is 2.22. The van der Waals surface area contributed by atoms with Gasteiger partial charge in [-0.2, -0.15) is 0 Å². The van der Waals surface area contributed by atoms with Crippen molar-refractivity contribution in [3.05, 3.63) is 34.5 Å². The SMILES string of the molecule is CC(C)(C)OC(=O)N1CCCC[C@@H]1CNc1cnc2cc([N+](=O)[O-])ccc2n1. The quantitative estimate of drug-likeness (QED) is 0.628. The van der Waals surface area contributed by atoms with E-state index in [4.69, 9.17) is 4.74 Å². The summed E-state index contributed by atoms with van der Waals surface area (Å²) in [6, 6.07) is 4.40. The summed E-state index contributed by atoms with van der Waals surface area (Å²) >= 11 is 0. The van der Waals surface area contributed by atoms with Crippen molar-refractivity contribution in [1.29, 1.82) is 0 Å². The van der Waals surface area contributed by atoms with Gasteiger partial charge in [0.25, 0.3) is 5.69 Å². The average Bonchev–Trinajstić information content (AvgIpc) is 2.64. The Bertz CT molecular complexity index is 880. The van der Waals surface area contributed by atoms with Gasteiger partial charge in [0.2, 0.25) is 0 Å². The zero-order valence-corrected chi connectivity index (χ0v) is 16.3. The smallest absolute Gasteiger partial charge is 0.410 e. The molecule has 0 radical (unpaired) electrons. The second-order valence-electron chi connectivity index (χ2n) is 7.89. The maximum atomic E-state index is 12.5. The minimum Gasteiger partial charge on any atom is -0.444 e. The molecule has 9 nitrogen and oxygen atoms in total. The number of anilines is 1. The minimum absolute atomic E-state index is 0.0120. The van der Waals surface area contributed by atoms with Crippen LogP contribution in [0.25, 0.3) is 11.0 Å². The third-order valence-electron chi connectivity index (χ3n) is 4.51. The standard InChI is InChI=1S/C19H25N5O4/c1-19(2,3)28-18(25)23-9-5-4-6-14(23)11-21-17-12-20-16-10-13(24(26)27)7-8-15(16)22-17/h7-8,10,12,14H,4-6,9,11H2,1-3H3,(H,21,22)/t14-/m1/s1. The van der Waals surface area contributed by atoms with E-state index in [1.807, 2.05) is 20.8 Å². The van der Waals surface area contributed by atoms with Gasteiger partial charge in [0.1, 0.15) is 11.4 Å². The molecule has 0 aliphatic carbocycles. The van der Waals surface area contributed by atoms with Gasteiger partial charge in [0.15, 0.2) is 0 Å². The normalized spacial score (nSPS) is 17.4. The molecule has 1 aliphatic heterocycles. The van der Waals surface area contributed by atoms with Gasteiger partial charge in [-0.15, -0.1) is 0 Å². The monoisotopic (exact) mass is 387 g/mol. The van der Waals surface area contributed by atoms with Crippen LogP contribution in [-0.4, -0.2) is 50.6 Å². The molecule has 1 saturated heterocycles. The molecule has 0 saturated carbocycles. The summed E-state index contributed by atoms with van der Waals surface area (Å²) in [6.45, 7) is 6.78. The van der Waals surface area contributed by atoms with Gasteiger partial charge >= 0.3 is 6.09 Å². The number of carbonyl (C=O) groups excluding carboxylic acids is 1. The Kier molecular flexibility index (Phi) is 5.62. The summed E-state index contributed by atoms with van der Waals surface area (Å²) in [5.74, 6) is 0.566. The van der Waals surface area contributed by atoms with E-state index in [-0.39, 0.29) is 17.8 Å². The molecule has 150 valence electrons. The molecule has 1 aliphatic rings. The molecular weight excluding hydrogens is 362 g/mol. The molecule has 2 heterocycles. The van der Waals surface area contributed by atoms with Crippen LogP contribution in [-0.2, 0) is 4.74 Å². The molecular formula is C19H25N5O4. The molecule has 1 N–H and O–H groups in total. The lowest BCUT2D eigenvalue weighted by atomic mass is 10.0. The van der Waals surface area contributed by atoms with Crippen LogP contribution in [0.3, 0.4) is 0 Å². The fourth-order valence-corrected chi connectivity index (χ4v) is 3.19. The molecule has 0 unspecified atom stereocenters. The van der Waals surface area contributed by atoms with Gasteiger partial charge in [-0.25, -0.2) is 9.78 Å². The number of nitrogens with one attached hydrogen (secondary N) is 1. The Labute approximate surface area is 163 Å². The van der Waals surface area contributed by atoms with Gasteiger partial charge in [-0.1, -0.05) is 0 Å². The molecule has 0 spiro atoms. The van der Waals surface area contributed by atoms with Gasteiger partial charge < -0.3 is 15.0 Å². The maximum Gasteiger partial charge on any atom is 0.410 e.